The highest BCUT2D eigenvalue weighted by Crippen LogP contribution is 2.30. The van der Waals surface area contributed by atoms with Crippen LogP contribution in [0.15, 0.2) is 63.0 Å². The lowest BCUT2D eigenvalue weighted by Crippen LogP contribution is -2.49. The summed E-state index contributed by atoms with van der Waals surface area (Å²) in [7, 11) is -3.51. The molecule has 1 aliphatic heterocycles. The van der Waals surface area contributed by atoms with Gasteiger partial charge in [-0.3, -0.25) is 4.79 Å². The highest BCUT2D eigenvalue weighted by molar-refractivity contribution is 7.91. The molecule has 1 aliphatic rings. The summed E-state index contributed by atoms with van der Waals surface area (Å²) in [5.41, 5.74) is 1.01. The number of hydrogen-bond acceptors (Lipinski definition) is 7. The van der Waals surface area contributed by atoms with E-state index in [0.717, 1.165) is 32.1 Å². The van der Waals surface area contributed by atoms with Gasteiger partial charge in [0.25, 0.3) is 10.0 Å². The molecule has 0 radical (unpaired) electrons. The van der Waals surface area contributed by atoms with E-state index in [1.807, 2.05) is 35.2 Å². The van der Waals surface area contributed by atoms with Crippen molar-refractivity contribution in [2.75, 3.05) is 31.1 Å². The Labute approximate surface area is 229 Å². The molecule has 0 spiro atoms. The molecule has 0 saturated carbocycles. The largest absolute Gasteiger partial charge is 0.483 e. The van der Waals surface area contributed by atoms with E-state index in [1.54, 1.807) is 23.7 Å². The summed E-state index contributed by atoms with van der Waals surface area (Å²) in [4.78, 5) is 15.8. The van der Waals surface area contributed by atoms with Gasteiger partial charge in [-0.2, -0.15) is 14.1 Å². The lowest BCUT2D eigenvalue weighted by atomic mass is 10.1. The summed E-state index contributed by atoms with van der Waals surface area (Å²) in [5.74, 6) is 0.298. The number of anilines is 1. The number of nitrogens with zero attached hydrogens (tertiary/aromatic N) is 4. The Morgan fingerprint density at radius 3 is 2.37 bits per heavy atom. The van der Waals surface area contributed by atoms with Crippen molar-refractivity contribution in [3.05, 3.63) is 64.4 Å². The molecule has 4 rings (SSSR count). The Bertz CT molecular complexity index is 1300. The zero-order valence-corrected chi connectivity index (χ0v) is 23.9. The Morgan fingerprint density at radius 2 is 1.71 bits per heavy atom. The smallest absolute Gasteiger partial charge is 0.316 e. The van der Waals surface area contributed by atoms with Crippen LogP contribution in [0.1, 0.15) is 58.8 Å². The number of hydrogen-bond donors (Lipinski definition) is 0. The molecule has 10 heteroatoms. The summed E-state index contributed by atoms with van der Waals surface area (Å²) < 4.78 is 35.8. The SMILES string of the molecule is CCCCCCC(CCC)Oc1c(N2CCN(S(=O)(=O)c3cccs3)CC2)cnn(-c2ccccc2)c1=O. The van der Waals surface area contributed by atoms with Gasteiger partial charge in [0.15, 0.2) is 0 Å². The fourth-order valence-corrected chi connectivity index (χ4v) is 7.34. The maximum Gasteiger partial charge on any atom is 0.316 e. The van der Waals surface area contributed by atoms with Crippen molar-refractivity contribution >= 4 is 27.0 Å². The van der Waals surface area contributed by atoms with Gasteiger partial charge in [-0.1, -0.05) is 63.8 Å². The summed E-state index contributed by atoms with van der Waals surface area (Å²) in [6, 6.07) is 12.7. The molecule has 3 heterocycles. The zero-order valence-electron chi connectivity index (χ0n) is 22.3. The first kappa shape index (κ1) is 28.3. The summed E-state index contributed by atoms with van der Waals surface area (Å²) in [6.07, 6.45) is 8.93. The lowest BCUT2D eigenvalue weighted by molar-refractivity contribution is 0.172. The Balaban J connectivity index is 1.60. The molecule has 206 valence electrons. The van der Waals surface area contributed by atoms with Crippen LogP contribution in [0.2, 0.25) is 0 Å². The molecule has 1 atom stereocenters. The third-order valence-corrected chi connectivity index (χ3v) is 10.1. The minimum Gasteiger partial charge on any atom is -0.483 e. The highest BCUT2D eigenvalue weighted by atomic mass is 32.2. The van der Waals surface area contributed by atoms with Gasteiger partial charge in [-0.05, 0) is 42.8 Å². The molecule has 3 aromatic rings. The van der Waals surface area contributed by atoms with Crippen LogP contribution in [-0.4, -0.2) is 54.8 Å². The molecule has 1 aromatic carbocycles. The molecule has 1 saturated heterocycles. The van der Waals surface area contributed by atoms with Gasteiger partial charge in [0, 0.05) is 26.2 Å². The van der Waals surface area contributed by atoms with Crippen LogP contribution in [0.25, 0.3) is 5.69 Å². The molecule has 0 N–H and O–H groups in total. The Morgan fingerprint density at radius 1 is 0.947 bits per heavy atom. The molecular weight excluding hydrogens is 520 g/mol. The number of benzene rings is 1. The summed E-state index contributed by atoms with van der Waals surface area (Å²) in [6.45, 7) is 5.89. The van der Waals surface area contributed by atoms with Crippen LogP contribution in [0.5, 0.6) is 5.75 Å². The van der Waals surface area contributed by atoms with E-state index in [2.05, 4.69) is 18.9 Å². The average molecular weight is 559 g/mol. The number of aromatic nitrogens is 2. The number of unbranched alkanes of at least 4 members (excludes halogenated alkanes) is 3. The second kappa shape index (κ2) is 13.4. The quantitative estimate of drug-likeness (QED) is 0.264. The third-order valence-electron chi connectivity index (χ3n) is 6.86. The summed E-state index contributed by atoms with van der Waals surface area (Å²) in [5, 5.41) is 6.26. The predicted octanol–water partition coefficient (Wildman–Crippen LogP) is 5.32. The highest BCUT2D eigenvalue weighted by Gasteiger charge is 2.31. The normalized spacial score (nSPS) is 15.5. The van der Waals surface area contributed by atoms with E-state index in [-0.39, 0.29) is 11.7 Å². The van der Waals surface area contributed by atoms with Crippen molar-refractivity contribution in [3.63, 3.8) is 0 Å². The number of piperazine rings is 1. The fourth-order valence-electron chi connectivity index (χ4n) is 4.77. The van der Waals surface area contributed by atoms with Gasteiger partial charge in [-0.15, -0.1) is 11.3 Å². The van der Waals surface area contributed by atoms with Crippen molar-refractivity contribution in [1.82, 2.24) is 14.1 Å². The van der Waals surface area contributed by atoms with E-state index in [9.17, 15) is 13.2 Å². The number of rotatable bonds is 13. The van der Waals surface area contributed by atoms with E-state index in [0.29, 0.717) is 47.5 Å². The molecule has 1 fully saturated rings. The number of thiophene rings is 1. The minimum atomic E-state index is -3.51. The van der Waals surface area contributed by atoms with Gasteiger partial charge in [0.2, 0.25) is 5.75 Å². The molecule has 0 amide bonds. The van der Waals surface area contributed by atoms with E-state index < -0.39 is 10.0 Å². The number of sulfonamides is 1. The van der Waals surface area contributed by atoms with Crippen molar-refractivity contribution in [2.45, 2.75) is 69.1 Å². The topological polar surface area (TPSA) is 84.7 Å². The molecule has 1 unspecified atom stereocenters. The first-order valence-electron chi connectivity index (χ1n) is 13.6. The average Bonchev–Trinajstić information content (AvgIpc) is 3.49. The van der Waals surface area contributed by atoms with E-state index in [1.165, 1.54) is 33.2 Å². The van der Waals surface area contributed by atoms with Gasteiger partial charge < -0.3 is 9.64 Å². The van der Waals surface area contributed by atoms with Crippen LogP contribution in [-0.2, 0) is 10.0 Å². The van der Waals surface area contributed by atoms with Crippen LogP contribution >= 0.6 is 11.3 Å². The maximum atomic E-state index is 13.8. The molecule has 38 heavy (non-hydrogen) atoms. The van der Waals surface area contributed by atoms with Crippen LogP contribution in [0.4, 0.5) is 5.69 Å². The van der Waals surface area contributed by atoms with Crippen molar-refractivity contribution in [1.29, 1.82) is 0 Å². The van der Waals surface area contributed by atoms with Gasteiger partial charge >= 0.3 is 5.56 Å². The van der Waals surface area contributed by atoms with Crippen molar-refractivity contribution in [2.24, 2.45) is 0 Å². The van der Waals surface area contributed by atoms with Crippen LogP contribution < -0.4 is 15.2 Å². The van der Waals surface area contributed by atoms with Gasteiger partial charge in [-0.25, -0.2) is 8.42 Å². The molecule has 0 aliphatic carbocycles. The Kier molecular flexibility index (Phi) is 9.98. The first-order valence-corrected chi connectivity index (χ1v) is 15.9. The van der Waals surface area contributed by atoms with Gasteiger partial charge in [0.1, 0.15) is 9.90 Å². The van der Waals surface area contributed by atoms with E-state index in [4.69, 9.17) is 4.74 Å². The molecular formula is C28H38N4O4S2. The molecule has 2 aromatic heterocycles. The minimum absolute atomic E-state index is 0.0598. The first-order chi connectivity index (χ1) is 18.5. The molecule has 8 nitrogen and oxygen atoms in total. The Hall–Kier alpha value is -2.69. The van der Waals surface area contributed by atoms with Crippen LogP contribution in [0.3, 0.4) is 0 Å². The van der Waals surface area contributed by atoms with Gasteiger partial charge in [0.05, 0.1) is 18.0 Å². The number of ether oxygens (including phenoxy) is 1. The lowest BCUT2D eigenvalue weighted by Gasteiger charge is -2.35. The molecule has 0 bridgehead atoms. The predicted molar refractivity (Wildman–Crippen MR) is 153 cm³/mol. The number of para-hydroxylation sites is 1. The second-order valence-corrected chi connectivity index (χ2v) is 12.7. The zero-order chi connectivity index (χ0) is 27.0. The van der Waals surface area contributed by atoms with Crippen molar-refractivity contribution < 1.29 is 13.2 Å². The second-order valence-electron chi connectivity index (χ2n) is 9.61. The summed E-state index contributed by atoms with van der Waals surface area (Å²) >= 11 is 1.23. The fraction of sp³-hybridized carbons (Fsp3) is 0.500. The van der Waals surface area contributed by atoms with Crippen LogP contribution in [0, 0.1) is 0 Å². The monoisotopic (exact) mass is 558 g/mol. The standard InChI is InChI=1S/C28H38N4O4S2/c1-3-5-6-10-15-24(12-4-2)36-27-25(22-29-32(28(27)33)23-13-8-7-9-14-23)30-17-19-31(20-18-30)38(34,35)26-16-11-21-37-26/h7-9,11,13-14,16,21-22,24H,3-6,10,12,15,17-20H2,1-2H3. The maximum absolute atomic E-state index is 13.8. The van der Waals surface area contributed by atoms with Crippen molar-refractivity contribution in [3.8, 4) is 11.4 Å². The van der Waals surface area contributed by atoms with E-state index >= 15 is 0 Å². The third kappa shape index (κ3) is 6.65.